The molecule has 182 valence electrons. The summed E-state index contributed by atoms with van der Waals surface area (Å²) in [6.45, 7) is 0. The monoisotopic (exact) mass is 494 g/mol. The molecule has 0 saturated carbocycles. The van der Waals surface area contributed by atoms with Crippen LogP contribution in [-0.4, -0.2) is 21.8 Å². The fraction of sp³-hybridized carbons (Fsp3) is 0.176. The van der Waals surface area contributed by atoms with Crippen LogP contribution < -0.4 is 5.22 Å². The first-order chi connectivity index (χ1) is 18.5. The molecule has 4 nitrogen and oxygen atoms in total. The van der Waals surface area contributed by atoms with E-state index in [1.807, 2.05) is 30.4 Å². The van der Waals surface area contributed by atoms with Crippen LogP contribution in [0.1, 0.15) is 41.0 Å². The number of aromatic hydroxyl groups is 2. The van der Waals surface area contributed by atoms with Crippen molar-refractivity contribution in [3.8, 4) is 11.5 Å². The van der Waals surface area contributed by atoms with Gasteiger partial charge in [-0.3, -0.25) is 9.59 Å². The first-order valence-corrected chi connectivity index (χ1v) is 13.3. The SMILES string of the molecule is O=C1CC=CC2=C1Cc1ccc3c4c5c6c(cc(O)c5c5c(O)cc2c1c35)CC1CC=CC=C1C6C(=O)C=4. The average Bonchev–Trinajstić information content (AvgIpc) is 2.91. The second kappa shape index (κ2) is 6.70. The number of rotatable bonds is 0. The average molecular weight is 495 g/mol. The number of benzene rings is 4. The van der Waals surface area contributed by atoms with Gasteiger partial charge in [-0.05, 0) is 86.2 Å². The van der Waals surface area contributed by atoms with Crippen molar-refractivity contribution in [3.05, 3.63) is 93.3 Å². The second-order valence-electron chi connectivity index (χ2n) is 11.3. The number of carbonyl (C=O) groups excluding carboxylic acids is 2. The van der Waals surface area contributed by atoms with E-state index in [4.69, 9.17) is 0 Å². The molecule has 4 aromatic rings. The Morgan fingerprint density at radius 1 is 0.868 bits per heavy atom. The molecule has 0 aromatic heterocycles. The van der Waals surface area contributed by atoms with Crippen LogP contribution in [0.15, 0.2) is 65.8 Å². The van der Waals surface area contributed by atoms with Gasteiger partial charge in [-0.25, -0.2) is 0 Å². The Kier molecular flexibility index (Phi) is 3.63. The molecule has 0 aliphatic heterocycles. The minimum Gasteiger partial charge on any atom is -0.507 e. The topological polar surface area (TPSA) is 74.6 Å². The Labute approximate surface area is 217 Å². The summed E-state index contributed by atoms with van der Waals surface area (Å²) in [6, 6.07) is 7.69. The van der Waals surface area contributed by atoms with Gasteiger partial charge in [0.05, 0.1) is 5.92 Å². The first kappa shape index (κ1) is 20.6. The normalized spacial score (nSPS) is 22.7. The second-order valence-corrected chi connectivity index (χ2v) is 11.3. The van der Waals surface area contributed by atoms with E-state index in [9.17, 15) is 19.8 Å². The van der Waals surface area contributed by atoms with Crippen LogP contribution >= 0.6 is 0 Å². The van der Waals surface area contributed by atoms with E-state index in [2.05, 4.69) is 18.2 Å². The highest BCUT2D eigenvalue weighted by Crippen LogP contribution is 2.53. The molecule has 0 saturated heterocycles. The van der Waals surface area contributed by atoms with Gasteiger partial charge in [-0.2, -0.15) is 0 Å². The summed E-state index contributed by atoms with van der Waals surface area (Å²) in [4.78, 5) is 26.6. The highest BCUT2D eigenvalue weighted by molar-refractivity contribution is 6.32. The molecule has 0 bridgehead atoms. The molecule has 0 heterocycles. The maximum Gasteiger partial charge on any atom is 0.167 e. The predicted octanol–water partition coefficient (Wildman–Crippen LogP) is 5.62. The third-order valence-corrected chi connectivity index (χ3v) is 9.47. The minimum absolute atomic E-state index is 0.0793. The lowest BCUT2D eigenvalue weighted by Crippen LogP contribution is -2.32. The van der Waals surface area contributed by atoms with E-state index in [1.165, 1.54) is 0 Å². The van der Waals surface area contributed by atoms with E-state index >= 15 is 0 Å². The van der Waals surface area contributed by atoms with Gasteiger partial charge in [-0.15, -0.1) is 0 Å². The Morgan fingerprint density at radius 3 is 2.61 bits per heavy atom. The van der Waals surface area contributed by atoms with Gasteiger partial charge in [0.25, 0.3) is 0 Å². The van der Waals surface area contributed by atoms with Crippen molar-refractivity contribution in [2.75, 3.05) is 0 Å². The minimum atomic E-state index is -0.352. The third-order valence-electron chi connectivity index (χ3n) is 9.47. The van der Waals surface area contributed by atoms with Crippen LogP contribution in [0.25, 0.3) is 44.0 Å². The Bertz CT molecular complexity index is 2080. The molecule has 4 heteroatoms. The van der Waals surface area contributed by atoms with Crippen molar-refractivity contribution in [2.45, 2.75) is 31.6 Å². The largest absolute Gasteiger partial charge is 0.507 e. The number of hydrogen-bond donors (Lipinski definition) is 2. The maximum absolute atomic E-state index is 13.8. The molecule has 5 aliphatic carbocycles. The summed E-state index contributed by atoms with van der Waals surface area (Å²) < 4.78 is 0. The van der Waals surface area contributed by atoms with Crippen LogP contribution in [-0.2, 0) is 22.4 Å². The van der Waals surface area contributed by atoms with Crippen molar-refractivity contribution in [2.24, 2.45) is 5.92 Å². The van der Waals surface area contributed by atoms with Gasteiger partial charge >= 0.3 is 0 Å². The van der Waals surface area contributed by atoms with E-state index in [-0.39, 0.29) is 34.9 Å². The molecule has 0 spiro atoms. The summed E-state index contributed by atoms with van der Waals surface area (Å²) in [6.07, 6.45) is 14.6. The molecule has 0 radical (unpaired) electrons. The lowest BCUT2D eigenvalue weighted by Gasteiger charge is -2.37. The maximum atomic E-state index is 13.8. The number of phenols is 2. The van der Waals surface area contributed by atoms with Gasteiger partial charge in [0.1, 0.15) is 11.5 Å². The molecular formula is C34H22O4. The number of fused-ring (bicyclic) bond motifs is 5. The van der Waals surface area contributed by atoms with E-state index < -0.39 is 0 Å². The quantitative estimate of drug-likeness (QED) is 0.246. The Hall–Kier alpha value is -4.44. The van der Waals surface area contributed by atoms with Crippen LogP contribution in [0.4, 0.5) is 0 Å². The summed E-state index contributed by atoms with van der Waals surface area (Å²) in [5.74, 6) is 0.330. The lowest BCUT2D eigenvalue weighted by atomic mass is 9.65. The molecule has 2 atom stereocenters. The first-order valence-electron chi connectivity index (χ1n) is 13.3. The number of allylic oxidation sites excluding steroid dienone is 8. The Balaban J connectivity index is 1.51. The number of carbonyl (C=O) groups is 2. The van der Waals surface area contributed by atoms with Gasteiger partial charge < -0.3 is 10.2 Å². The number of phenolic OH excluding ortho intramolecular Hbond substituents is 2. The zero-order valence-corrected chi connectivity index (χ0v) is 20.5. The standard InChI is InChI=1S/C34H22O4/c35-24-7-3-6-19-21(24)11-16-8-9-20-23-14-26(37)30-18-5-2-1-4-15(18)10-17-12-25(36)33(32(23)29(17)30)34-27(38)13-22(19)28(16)31(20)34/h1-3,5-6,8-9,12-15,30,36,38H,4,7,10-11H2. The van der Waals surface area contributed by atoms with Crippen molar-refractivity contribution < 1.29 is 19.8 Å². The lowest BCUT2D eigenvalue weighted by molar-refractivity contribution is -0.115. The van der Waals surface area contributed by atoms with Crippen molar-refractivity contribution in [1.82, 2.24) is 0 Å². The number of Topliss-reactive ketones (excluding diaryl/α,β-unsaturated/α-hetero) is 2. The van der Waals surface area contributed by atoms with Crippen LogP contribution in [0.5, 0.6) is 11.5 Å². The van der Waals surface area contributed by atoms with E-state index in [1.54, 1.807) is 12.1 Å². The summed E-state index contributed by atoms with van der Waals surface area (Å²) >= 11 is 0. The zero-order valence-electron chi connectivity index (χ0n) is 20.5. The summed E-state index contributed by atoms with van der Waals surface area (Å²) in [5, 5.41) is 28.8. The molecular weight excluding hydrogens is 472 g/mol. The zero-order chi connectivity index (χ0) is 25.4. The van der Waals surface area contributed by atoms with Crippen LogP contribution in [0.3, 0.4) is 0 Å². The van der Waals surface area contributed by atoms with Gasteiger partial charge in [0.2, 0.25) is 0 Å². The number of hydrogen-bond acceptors (Lipinski definition) is 4. The van der Waals surface area contributed by atoms with Gasteiger partial charge in [-0.1, -0.05) is 48.1 Å². The van der Waals surface area contributed by atoms with Crippen molar-refractivity contribution in [3.63, 3.8) is 0 Å². The molecule has 2 N–H and O–H groups in total. The molecule has 9 rings (SSSR count). The Morgan fingerprint density at radius 2 is 1.71 bits per heavy atom. The fourth-order valence-electron chi connectivity index (χ4n) is 8.00. The van der Waals surface area contributed by atoms with Crippen molar-refractivity contribution >= 4 is 55.5 Å². The molecule has 0 fully saturated rings. The van der Waals surface area contributed by atoms with Gasteiger partial charge in [0.15, 0.2) is 11.6 Å². The van der Waals surface area contributed by atoms with E-state index in [0.717, 1.165) is 78.6 Å². The summed E-state index contributed by atoms with van der Waals surface area (Å²) in [5.41, 5.74) is 6.69. The molecule has 0 amide bonds. The van der Waals surface area contributed by atoms with Crippen LogP contribution in [0.2, 0.25) is 0 Å². The fourth-order valence-corrected chi connectivity index (χ4v) is 8.00. The molecule has 5 aliphatic rings. The highest BCUT2D eigenvalue weighted by atomic mass is 16.3. The molecule has 38 heavy (non-hydrogen) atoms. The predicted molar refractivity (Wildman–Crippen MR) is 148 cm³/mol. The smallest absolute Gasteiger partial charge is 0.167 e. The van der Waals surface area contributed by atoms with E-state index in [0.29, 0.717) is 23.6 Å². The van der Waals surface area contributed by atoms with Crippen LogP contribution in [0, 0.1) is 5.92 Å². The third kappa shape index (κ3) is 2.29. The molecule has 2 unspecified atom stereocenters. The van der Waals surface area contributed by atoms with Crippen molar-refractivity contribution in [1.29, 1.82) is 0 Å². The number of ketones is 2. The highest BCUT2D eigenvalue weighted by Gasteiger charge is 2.40. The summed E-state index contributed by atoms with van der Waals surface area (Å²) in [7, 11) is 0. The molecule has 4 aromatic carbocycles. The van der Waals surface area contributed by atoms with Gasteiger partial charge in [0, 0.05) is 34.6 Å².